The van der Waals surface area contributed by atoms with Crippen molar-refractivity contribution in [2.75, 3.05) is 17.2 Å². The zero-order chi connectivity index (χ0) is 16.8. The third kappa shape index (κ3) is 5.00. The monoisotopic (exact) mass is 332 g/mol. The Hall–Kier alpha value is -2.53. The number of para-hydroxylation sites is 1. The Morgan fingerprint density at radius 3 is 2.57 bits per heavy atom. The van der Waals surface area contributed by atoms with E-state index in [9.17, 15) is 9.59 Å². The number of anilines is 2. The minimum Gasteiger partial charge on any atom is -0.482 e. The van der Waals surface area contributed by atoms with Gasteiger partial charge in [0.1, 0.15) is 5.75 Å². The van der Waals surface area contributed by atoms with Crippen LogP contribution in [0.3, 0.4) is 0 Å². The molecule has 0 unspecified atom stereocenters. The van der Waals surface area contributed by atoms with E-state index in [-0.39, 0.29) is 18.4 Å². The number of ether oxygens (including phenoxy) is 1. The molecule has 5 nitrogen and oxygen atoms in total. The molecule has 2 N–H and O–H groups in total. The molecule has 0 saturated carbocycles. The van der Waals surface area contributed by atoms with E-state index in [2.05, 4.69) is 10.6 Å². The van der Waals surface area contributed by atoms with Crippen LogP contribution in [-0.4, -0.2) is 18.4 Å². The van der Waals surface area contributed by atoms with E-state index >= 15 is 0 Å². The molecule has 2 aromatic carbocycles. The van der Waals surface area contributed by atoms with Gasteiger partial charge in [-0.25, -0.2) is 0 Å². The summed E-state index contributed by atoms with van der Waals surface area (Å²) in [5.41, 5.74) is 2.14. The molecule has 2 amide bonds. The topological polar surface area (TPSA) is 67.4 Å². The fourth-order valence-corrected chi connectivity index (χ4v) is 2.12. The zero-order valence-electron chi connectivity index (χ0n) is 12.9. The van der Waals surface area contributed by atoms with Gasteiger partial charge in [-0.3, -0.25) is 9.59 Å². The van der Waals surface area contributed by atoms with Crippen molar-refractivity contribution in [3.63, 3.8) is 0 Å². The van der Waals surface area contributed by atoms with Crippen molar-refractivity contribution in [1.82, 2.24) is 0 Å². The first-order valence-electron chi connectivity index (χ1n) is 7.01. The maximum Gasteiger partial charge on any atom is 0.262 e. The second kappa shape index (κ2) is 7.65. The van der Waals surface area contributed by atoms with Crippen LogP contribution in [0.25, 0.3) is 0 Å². The molecule has 0 aromatic heterocycles. The lowest BCUT2D eigenvalue weighted by atomic mass is 10.1. The zero-order valence-corrected chi connectivity index (χ0v) is 13.6. The number of aryl methyl sites for hydroxylation is 1. The second-order valence-corrected chi connectivity index (χ2v) is 5.39. The summed E-state index contributed by atoms with van der Waals surface area (Å²) in [7, 11) is 0. The average molecular weight is 333 g/mol. The summed E-state index contributed by atoms with van der Waals surface area (Å²) in [6, 6.07) is 12.2. The first-order chi connectivity index (χ1) is 11.0. The number of carbonyl (C=O) groups excluding carboxylic acids is 2. The second-order valence-electron chi connectivity index (χ2n) is 4.98. The van der Waals surface area contributed by atoms with E-state index in [4.69, 9.17) is 16.3 Å². The van der Waals surface area contributed by atoms with Crippen LogP contribution in [0.4, 0.5) is 11.4 Å². The molecule has 0 aliphatic heterocycles. The molecular weight excluding hydrogens is 316 g/mol. The van der Waals surface area contributed by atoms with Crippen LogP contribution in [0.5, 0.6) is 5.75 Å². The number of amides is 2. The Bertz CT molecular complexity index is 732. The molecule has 2 rings (SSSR count). The predicted octanol–water partition coefficient (Wildman–Crippen LogP) is 3.62. The highest BCUT2D eigenvalue weighted by molar-refractivity contribution is 6.32. The van der Waals surface area contributed by atoms with E-state index in [0.717, 1.165) is 5.56 Å². The van der Waals surface area contributed by atoms with E-state index in [0.29, 0.717) is 22.1 Å². The lowest BCUT2D eigenvalue weighted by molar-refractivity contribution is -0.118. The van der Waals surface area contributed by atoms with E-state index in [1.54, 1.807) is 36.4 Å². The molecule has 0 bridgehead atoms. The molecule has 0 fully saturated rings. The fraction of sp³-hybridized carbons (Fsp3) is 0.176. The summed E-state index contributed by atoms with van der Waals surface area (Å²) >= 11 is 5.96. The fourth-order valence-electron chi connectivity index (χ4n) is 1.93. The van der Waals surface area contributed by atoms with Crippen LogP contribution < -0.4 is 15.4 Å². The van der Waals surface area contributed by atoms with Crippen molar-refractivity contribution in [3.8, 4) is 5.75 Å². The predicted molar refractivity (Wildman–Crippen MR) is 91.1 cm³/mol. The number of hydrogen-bond donors (Lipinski definition) is 2. The van der Waals surface area contributed by atoms with Gasteiger partial charge in [0.15, 0.2) is 6.61 Å². The largest absolute Gasteiger partial charge is 0.482 e. The third-order valence-corrected chi connectivity index (χ3v) is 3.34. The number of carbonyl (C=O) groups is 2. The van der Waals surface area contributed by atoms with Gasteiger partial charge in [-0.15, -0.1) is 0 Å². The molecule has 0 radical (unpaired) electrons. The Morgan fingerprint density at radius 1 is 1.13 bits per heavy atom. The van der Waals surface area contributed by atoms with Gasteiger partial charge in [0.05, 0.1) is 5.02 Å². The summed E-state index contributed by atoms with van der Waals surface area (Å²) in [5.74, 6) is -0.0339. The first-order valence-corrected chi connectivity index (χ1v) is 7.39. The Morgan fingerprint density at radius 2 is 1.87 bits per heavy atom. The highest BCUT2D eigenvalue weighted by Crippen LogP contribution is 2.23. The number of benzene rings is 2. The van der Waals surface area contributed by atoms with Gasteiger partial charge in [0.25, 0.3) is 5.91 Å². The first kappa shape index (κ1) is 16.8. The van der Waals surface area contributed by atoms with Crippen LogP contribution in [0.1, 0.15) is 12.5 Å². The lowest BCUT2D eigenvalue weighted by Gasteiger charge is -2.11. The molecule has 0 atom stereocenters. The number of nitrogens with one attached hydrogen (secondary N) is 2. The number of halogens is 1. The lowest BCUT2D eigenvalue weighted by Crippen LogP contribution is -2.20. The minimum atomic E-state index is -0.317. The maximum atomic E-state index is 11.9. The summed E-state index contributed by atoms with van der Waals surface area (Å²) < 4.78 is 5.38. The maximum absolute atomic E-state index is 11.9. The Labute approximate surface area is 139 Å². The quantitative estimate of drug-likeness (QED) is 0.878. The van der Waals surface area contributed by atoms with Gasteiger partial charge in [-0.1, -0.05) is 29.8 Å². The molecule has 2 aromatic rings. The molecule has 0 aliphatic carbocycles. The van der Waals surface area contributed by atoms with Crippen LogP contribution in [0.2, 0.25) is 5.02 Å². The summed E-state index contributed by atoms with van der Waals surface area (Å²) in [5, 5.41) is 5.88. The highest BCUT2D eigenvalue weighted by atomic mass is 35.5. The number of rotatable bonds is 5. The third-order valence-electron chi connectivity index (χ3n) is 3.03. The van der Waals surface area contributed by atoms with Gasteiger partial charge >= 0.3 is 0 Å². The van der Waals surface area contributed by atoms with Crippen molar-refractivity contribution >= 4 is 34.8 Å². The summed E-state index contributed by atoms with van der Waals surface area (Å²) in [6.45, 7) is 3.15. The van der Waals surface area contributed by atoms with Gasteiger partial charge in [0, 0.05) is 18.3 Å². The van der Waals surface area contributed by atoms with Crippen LogP contribution >= 0.6 is 11.6 Å². The van der Waals surface area contributed by atoms with Crippen LogP contribution in [-0.2, 0) is 9.59 Å². The molecule has 0 aliphatic rings. The van der Waals surface area contributed by atoms with Crippen molar-refractivity contribution in [2.24, 2.45) is 0 Å². The average Bonchev–Trinajstić information content (AvgIpc) is 2.49. The van der Waals surface area contributed by atoms with Crippen molar-refractivity contribution < 1.29 is 14.3 Å². The van der Waals surface area contributed by atoms with Crippen molar-refractivity contribution in [2.45, 2.75) is 13.8 Å². The minimum absolute atomic E-state index is 0.160. The standard InChI is InChI=1S/C17H17ClN2O3/c1-11-7-8-13(9-15(11)19-12(2)21)20-17(22)10-23-16-6-4-3-5-14(16)18/h3-9H,10H2,1-2H3,(H,19,21)(H,20,22). The highest BCUT2D eigenvalue weighted by Gasteiger charge is 2.08. The van der Waals surface area contributed by atoms with Gasteiger partial charge in [-0.2, -0.15) is 0 Å². The Kier molecular flexibility index (Phi) is 5.60. The van der Waals surface area contributed by atoms with Crippen molar-refractivity contribution in [3.05, 3.63) is 53.1 Å². The summed E-state index contributed by atoms with van der Waals surface area (Å²) in [4.78, 5) is 23.1. The molecule has 120 valence electrons. The molecule has 0 heterocycles. The SMILES string of the molecule is CC(=O)Nc1cc(NC(=O)COc2ccccc2Cl)ccc1C. The van der Waals surface area contributed by atoms with E-state index in [1.807, 2.05) is 13.0 Å². The summed E-state index contributed by atoms with van der Waals surface area (Å²) in [6.07, 6.45) is 0. The van der Waals surface area contributed by atoms with Crippen LogP contribution in [0.15, 0.2) is 42.5 Å². The molecule has 23 heavy (non-hydrogen) atoms. The number of hydrogen-bond acceptors (Lipinski definition) is 3. The molecule has 0 spiro atoms. The normalized spacial score (nSPS) is 10.0. The Balaban J connectivity index is 1.97. The van der Waals surface area contributed by atoms with Gasteiger partial charge in [0.2, 0.25) is 5.91 Å². The smallest absolute Gasteiger partial charge is 0.262 e. The molecule has 0 saturated heterocycles. The van der Waals surface area contributed by atoms with Gasteiger partial charge in [-0.05, 0) is 36.8 Å². The van der Waals surface area contributed by atoms with Crippen LogP contribution in [0, 0.1) is 6.92 Å². The molecule has 6 heteroatoms. The van der Waals surface area contributed by atoms with Crippen molar-refractivity contribution in [1.29, 1.82) is 0 Å². The van der Waals surface area contributed by atoms with E-state index < -0.39 is 0 Å². The molecular formula is C17H17ClN2O3. The van der Waals surface area contributed by atoms with E-state index in [1.165, 1.54) is 6.92 Å². The van der Waals surface area contributed by atoms with Gasteiger partial charge < -0.3 is 15.4 Å².